The van der Waals surface area contributed by atoms with E-state index in [9.17, 15) is 14.7 Å². The number of aryl methyl sites for hydroxylation is 1. The Bertz CT molecular complexity index is 627. The number of hydrogen-bond donors (Lipinski definition) is 3. The first kappa shape index (κ1) is 17.0. The SMILES string of the molecule is COc1ccc(C)cc1NC(=O)C(=O)NCC1(O)C=CCCC1. The summed E-state index contributed by atoms with van der Waals surface area (Å²) in [6.07, 6.45) is 5.90. The number of amides is 2. The van der Waals surface area contributed by atoms with E-state index < -0.39 is 17.4 Å². The number of carbonyl (C=O) groups excluding carboxylic acids is 2. The Morgan fingerprint density at radius 3 is 2.78 bits per heavy atom. The van der Waals surface area contributed by atoms with Crippen molar-refractivity contribution in [2.45, 2.75) is 31.8 Å². The summed E-state index contributed by atoms with van der Waals surface area (Å²) in [5.41, 5.74) is 0.293. The molecule has 3 N–H and O–H groups in total. The van der Waals surface area contributed by atoms with Crippen LogP contribution in [0.3, 0.4) is 0 Å². The fraction of sp³-hybridized carbons (Fsp3) is 0.412. The minimum atomic E-state index is -1.07. The molecule has 1 aromatic carbocycles. The maximum Gasteiger partial charge on any atom is 0.313 e. The van der Waals surface area contributed by atoms with Crippen molar-refractivity contribution in [3.63, 3.8) is 0 Å². The van der Waals surface area contributed by atoms with Crippen LogP contribution < -0.4 is 15.4 Å². The van der Waals surface area contributed by atoms with Crippen molar-refractivity contribution in [3.8, 4) is 5.75 Å². The third-order valence-corrected chi connectivity index (χ3v) is 3.77. The molecule has 0 aliphatic heterocycles. The highest BCUT2D eigenvalue weighted by Crippen LogP contribution is 2.25. The molecule has 1 atom stereocenters. The Balaban J connectivity index is 1.95. The average molecular weight is 318 g/mol. The second-order valence-corrected chi connectivity index (χ2v) is 5.74. The lowest BCUT2D eigenvalue weighted by Crippen LogP contribution is -2.45. The monoisotopic (exact) mass is 318 g/mol. The Kier molecular flexibility index (Phi) is 5.39. The van der Waals surface area contributed by atoms with Crippen molar-refractivity contribution in [3.05, 3.63) is 35.9 Å². The molecule has 0 radical (unpaired) electrons. The van der Waals surface area contributed by atoms with Crippen LogP contribution in [-0.4, -0.2) is 36.2 Å². The lowest BCUT2D eigenvalue weighted by molar-refractivity contribution is -0.136. The molecular weight excluding hydrogens is 296 g/mol. The number of allylic oxidation sites excluding steroid dienone is 1. The number of rotatable bonds is 4. The van der Waals surface area contributed by atoms with Gasteiger partial charge >= 0.3 is 11.8 Å². The van der Waals surface area contributed by atoms with Gasteiger partial charge in [-0.25, -0.2) is 0 Å². The van der Waals surface area contributed by atoms with E-state index in [-0.39, 0.29) is 6.54 Å². The molecule has 0 bridgehead atoms. The zero-order valence-corrected chi connectivity index (χ0v) is 13.4. The number of carbonyl (C=O) groups is 2. The summed E-state index contributed by atoms with van der Waals surface area (Å²) in [6, 6.07) is 5.29. The topological polar surface area (TPSA) is 87.7 Å². The smallest absolute Gasteiger partial charge is 0.313 e. The van der Waals surface area contributed by atoms with Gasteiger partial charge in [-0.05, 0) is 43.9 Å². The second kappa shape index (κ2) is 7.28. The molecule has 6 heteroatoms. The third kappa shape index (κ3) is 4.56. The second-order valence-electron chi connectivity index (χ2n) is 5.74. The summed E-state index contributed by atoms with van der Waals surface area (Å²) in [6.45, 7) is 1.89. The van der Waals surface area contributed by atoms with Crippen molar-refractivity contribution in [1.29, 1.82) is 0 Å². The first-order valence-corrected chi connectivity index (χ1v) is 7.57. The van der Waals surface area contributed by atoms with Gasteiger partial charge < -0.3 is 20.5 Å². The minimum absolute atomic E-state index is 0.0146. The molecule has 6 nitrogen and oxygen atoms in total. The molecular formula is C17H22N2O4. The van der Waals surface area contributed by atoms with Crippen molar-refractivity contribution in [2.24, 2.45) is 0 Å². The fourth-order valence-corrected chi connectivity index (χ4v) is 2.47. The predicted molar refractivity (Wildman–Crippen MR) is 87.3 cm³/mol. The number of methoxy groups -OCH3 is 1. The Labute approximate surface area is 135 Å². The van der Waals surface area contributed by atoms with Crippen LogP contribution in [0.25, 0.3) is 0 Å². The van der Waals surface area contributed by atoms with Gasteiger partial charge in [-0.1, -0.05) is 18.2 Å². The van der Waals surface area contributed by atoms with Gasteiger partial charge in [-0.2, -0.15) is 0 Å². The number of anilines is 1. The molecule has 0 saturated carbocycles. The Morgan fingerprint density at radius 1 is 1.35 bits per heavy atom. The fourth-order valence-electron chi connectivity index (χ4n) is 2.47. The molecule has 0 heterocycles. The van der Waals surface area contributed by atoms with Crippen LogP contribution in [-0.2, 0) is 9.59 Å². The Hall–Kier alpha value is -2.34. The number of nitrogens with one attached hydrogen (secondary N) is 2. The van der Waals surface area contributed by atoms with Crippen LogP contribution >= 0.6 is 0 Å². The van der Waals surface area contributed by atoms with Gasteiger partial charge in [-0.15, -0.1) is 0 Å². The molecule has 0 spiro atoms. The van der Waals surface area contributed by atoms with E-state index in [1.54, 1.807) is 18.2 Å². The molecule has 1 aliphatic carbocycles. The van der Waals surface area contributed by atoms with Crippen molar-refractivity contribution in [1.82, 2.24) is 5.32 Å². The van der Waals surface area contributed by atoms with Gasteiger partial charge in [-0.3, -0.25) is 9.59 Å². The first-order chi connectivity index (χ1) is 10.9. The van der Waals surface area contributed by atoms with Crippen LogP contribution in [0.4, 0.5) is 5.69 Å². The van der Waals surface area contributed by atoms with Crippen molar-refractivity contribution < 1.29 is 19.4 Å². The molecule has 1 unspecified atom stereocenters. The molecule has 0 saturated heterocycles. The highest BCUT2D eigenvalue weighted by Gasteiger charge is 2.27. The van der Waals surface area contributed by atoms with Crippen LogP contribution in [0.2, 0.25) is 0 Å². The van der Waals surface area contributed by atoms with E-state index in [4.69, 9.17) is 4.74 Å². The van der Waals surface area contributed by atoms with E-state index in [1.807, 2.05) is 19.1 Å². The average Bonchev–Trinajstić information content (AvgIpc) is 2.53. The molecule has 23 heavy (non-hydrogen) atoms. The normalized spacial score (nSPS) is 20.0. The highest BCUT2D eigenvalue weighted by atomic mass is 16.5. The number of benzene rings is 1. The molecule has 124 valence electrons. The molecule has 1 aliphatic rings. The van der Waals surface area contributed by atoms with Gasteiger partial charge in [0.15, 0.2) is 0 Å². The van der Waals surface area contributed by atoms with Gasteiger partial charge in [0.05, 0.1) is 19.3 Å². The maximum absolute atomic E-state index is 12.0. The van der Waals surface area contributed by atoms with Gasteiger partial charge in [0, 0.05) is 0 Å². The third-order valence-electron chi connectivity index (χ3n) is 3.77. The lowest BCUT2D eigenvalue weighted by atomic mass is 9.91. The van der Waals surface area contributed by atoms with Gasteiger partial charge in [0.1, 0.15) is 11.4 Å². The molecule has 0 fully saturated rings. The predicted octanol–water partition coefficient (Wildman–Crippen LogP) is 1.53. The summed E-state index contributed by atoms with van der Waals surface area (Å²) < 4.78 is 5.16. The van der Waals surface area contributed by atoms with E-state index in [0.29, 0.717) is 17.9 Å². The maximum atomic E-state index is 12.0. The molecule has 1 aromatic rings. The zero-order chi connectivity index (χ0) is 16.9. The highest BCUT2D eigenvalue weighted by molar-refractivity contribution is 6.39. The lowest BCUT2D eigenvalue weighted by Gasteiger charge is -2.27. The van der Waals surface area contributed by atoms with Crippen LogP contribution in [0.5, 0.6) is 5.75 Å². The first-order valence-electron chi connectivity index (χ1n) is 7.57. The van der Waals surface area contributed by atoms with E-state index >= 15 is 0 Å². The Morgan fingerprint density at radius 2 is 2.13 bits per heavy atom. The molecule has 0 aromatic heterocycles. The zero-order valence-electron chi connectivity index (χ0n) is 13.4. The molecule has 2 amide bonds. The van der Waals surface area contributed by atoms with Crippen molar-refractivity contribution in [2.75, 3.05) is 19.0 Å². The van der Waals surface area contributed by atoms with Gasteiger partial charge in [0.2, 0.25) is 0 Å². The van der Waals surface area contributed by atoms with Gasteiger partial charge in [0.25, 0.3) is 0 Å². The summed E-state index contributed by atoms with van der Waals surface area (Å²) in [5.74, 6) is -1.11. The minimum Gasteiger partial charge on any atom is -0.495 e. The van der Waals surface area contributed by atoms with E-state index in [1.165, 1.54) is 7.11 Å². The number of aliphatic hydroxyl groups is 1. The van der Waals surface area contributed by atoms with Crippen LogP contribution in [0.15, 0.2) is 30.4 Å². The summed E-state index contributed by atoms with van der Waals surface area (Å²) in [5, 5.41) is 15.3. The van der Waals surface area contributed by atoms with E-state index in [0.717, 1.165) is 18.4 Å². The largest absolute Gasteiger partial charge is 0.495 e. The summed E-state index contributed by atoms with van der Waals surface area (Å²) in [4.78, 5) is 23.9. The van der Waals surface area contributed by atoms with Crippen LogP contribution in [0.1, 0.15) is 24.8 Å². The van der Waals surface area contributed by atoms with E-state index in [2.05, 4.69) is 10.6 Å². The van der Waals surface area contributed by atoms with Crippen molar-refractivity contribution >= 4 is 17.5 Å². The number of hydrogen-bond acceptors (Lipinski definition) is 4. The van der Waals surface area contributed by atoms with Crippen LogP contribution in [0, 0.1) is 6.92 Å². The molecule has 2 rings (SSSR count). The number of ether oxygens (including phenoxy) is 1. The standard InChI is InChI=1S/C17H22N2O4/c1-12-6-7-14(23-2)13(10-12)19-16(21)15(20)18-11-17(22)8-4-3-5-9-17/h4,6-8,10,22H,3,5,9,11H2,1-2H3,(H,18,20)(H,19,21). The quantitative estimate of drug-likeness (QED) is 0.580. The summed E-state index contributed by atoms with van der Waals surface area (Å²) >= 11 is 0. The summed E-state index contributed by atoms with van der Waals surface area (Å²) in [7, 11) is 1.49.